The molecule has 1 aromatic carbocycles. The van der Waals surface area contributed by atoms with Gasteiger partial charge in [0.15, 0.2) is 0 Å². The molecule has 7 heteroatoms. The van der Waals surface area contributed by atoms with E-state index >= 15 is 0 Å². The van der Waals surface area contributed by atoms with E-state index in [4.69, 9.17) is 16.1 Å². The molecule has 0 atom stereocenters. The molecule has 1 amide bonds. The minimum absolute atomic E-state index is 0.0551. The lowest BCUT2D eigenvalue weighted by atomic mass is 10.2. The highest BCUT2D eigenvalue weighted by molar-refractivity contribution is 5.97. The van der Waals surface area contributed by atoms with Gasteiger partial charge in [0, 0.05) is 19.2 Å². The molecular weight excluding hydrogens is 308 g/mol. The normalized spacial score (nSPS) is 10.8. The number of carboxylic acids is 1. The van der Waals surface area contributed by atoms with Gasteiger partial charge in [-0.1, -0.05) is 12.5 Å². The molecule has 0 aliphatic heterocycles. The smallest absolute Gasteiger partial charge is 0.303 e. The first-order valence-electron chi connectivity index (χ1n) is 7.67. The highest BCUT2D eigenvalue weighted by Crippen LogP contribution is 2.19. The Morgan fingerprint density at radius 3 is 2.71 bits per heavy atom. The van der Waals surface area contributed by atoms with Crippen LogP contribution in [0.4, 0.5) is 11.4 Å². The Bertz CT molecular complexity index is 662. The van der Waals surface area contributed by atoms with Crippen molar-refractivity contribution in [3.63, 3.8) is 0 Å². The number of aryl methyl sites for hydroxylation is 1. The molecule has 1 aromatic rings. The van der Waals surface area contributed by atoms with E-state index in [0.29, 0.717) is 37.2 Å². The number of anilines is 2. The molecule has 0 saturated heterocycles. The number of nitrogens with zero attached hydrogens (tertiary/aromatic N) is 1. The highest BCUT2D eigenvalue weighted by Gasteiger charge is 2.08. The van der Waals surface area contributed by atoms with Crippen molar-refractivity contribution in [2.45, 2.75) is 32.6 Å². The van der Waals surface area contributed by atoms with Crippen LogP contribution >= 0.6 is 0 Å². The van der Waals surface area contributed by atoms with Crippen LogP contribution in [0.2, 0.25) is 0 Å². The fourth-order valence-electron chi connectivity index (χ4n) is 1.99. The average molecular weight is 330 g/mol. The topological polar surface area (TPSA) is 128 Å². The number of carbonyl (C=O) groups is 2. The van der Waals surface area contributed by atoms with E-state index in [1.54, 1.807) is 12.1 Å². The van der Waals surface area contributed by atoms with Gasteiger partial charge in [-0.05, 0) is 37.5 Å². The summed E-state index contributed by atoms with van der Waals surface area (Å²) in [5, 5.41) is 23.1. The van der Waals surface area contributed by atoms with Crippen molar-refractivity contribution >= 4 is 23.3 Å². The van der Waals surface area contributed by atoms with E-state index in [1.165, 1.54) is 6.20 Å². The first kappa shape index (κ1) is 19.0. The molecular formula is C17H22N4O3. The van der Waals surface area contributed by atoms with E-state index in [-0.39, 0.29) is 12.0 Å². The molecule has 5 N–H and O–H groups in total. The summed E-state index contributed by atoms with van der Waals surface area (Å²) >= 11 is 0. The van der Waals surface area contributed by atoms with Gasteiger partial charge in [-0.2, -0.15) is 5.26 Å². The fourth-order valence-corrected chi connectivity index (χ4v) is 1.99. The minimum atomic E-state index is -0.824. The number of rotatable bonds is 9. The van der Waals surface area contributed by atoms with E-state index in [2.05, 4.69) is 10.6 Å². The molecule has 0 aliphatic rings. The predicted octanol–water partition coefficient (Wildman–Crippen LogP) is 2.16. The number of nitrogen functional groups attached to an aromatic ring is 1. The van der Waals surface area contributed by atoms with Gasteiger partial charge >= 0.3 is 5.97 Å². The number of amides is 1. The maximum Gasteiger partial charge on any atom is 0.303 e. The fraction of sp³-hybridized carbons (Fsp3) is 0.353. The van der Waals surface area contributed by atoms with Gasteiger partial charge in [-0.25, -0.2) is 0 Å². The van der Waals surface area contributed by atoms with Gasteiger partial charge < -0.3 is 21.5 Å². The van der Waals surface area contributed by atoms with Crippen LogP contribution < -0.4 is 16.4 Å². The molecule has 0 fully saturated rings. The van der Waals surface area contributed by atoms with Gasteiger partial charge in [0.05, 0.1) is 11.4 Å². The molecule has 0 radical (unpaired) electrons. The van der Waals surface area contributed by atoms with Crippen LogP contribution in [0.1, 0.15) is 31.2 Å². The molecule has 1 rings (SSSR count). The van der Waals surface area contributed by atoms with Crippen molar-refractivity contribution in [3.8, 4) is 6.07 Å². The van der Waals surface area contributed by atoms with E-state index in [9.17, 15) is 9.59 Å². The van der Waals surface area contributed by atoms with Crippen molar-refractivity contribution in [1.82, 2.24) is 5.32 Å². The summed E-state index contributed by atoms with van der Waals surface area (Å²) in [7, 11) is 0. The zero-order valence-corrected chi connectivity index (χ0v) is 13.6. The Balaban J connectivity index is 2.45. The Hall–Kier alpha value is -3.01. The molecule has 0 saturated carbocycles. The highest BCUT2D eigenvalue weighted by atomic mass is 16.4. The number of carbonyl (C=O) groups excluding carboxylic acids is 1. The monoisotopic (exact) mass is 330 g/mol. The molecule has 0 bridgehead atoms. The summed E-state index contributed by atoms with van der Waals surface area (Å²) in [5.41, 5.74) is 7.97. The molecule has 0 spiro atoms. The standard InChI is InChI=1S/C17H22N4O3/c1-12-6-7-15(14(19)9-12)21-11-13(10-18)17(24)20-8-4-2-3-5-16(22)23/h6-7,9,11,21H,2-5,8,19H2,1H3,(H,20,24)(H,22,23)/b13-11-. The first-order chi connectivity index (χ1) is 11.4. The molecule has 0 unspecified atom stereocenters. The van der Waals surface area contributed by atoms with E-state index in [0.717, 1.165) is 5.56 Å². The number of carboxylic acid groups (broad SMARTS) is 1. The third-order valence-corrected chi connectivity index (χ3v) is 3.30. The van der Waals surface area contributed by atoms with Crippen molar-refractivity contribution in [3.05, 3.63) is 35.5 Å². The van der Waals surface area contributed by atoms with Crippen molar-refractivity contribution < 1.29 is 14.7 Å². The van der Waals surface area contributed by atoms with E-state index < -0.39 is 11.9 Å². The molecule has 24 heavy (non-hydrogen) atoms. The summed E-state index contributed by atoms with van der Waals surface area (Å²) in [5.74, 6) is -1.30. The summed E-state index contributed by atoms with van der Waals surface area (Å²) in [6.07, 6.45) is 3.38. The Kier molecular flexibility index (Phi) is 7.85. The van der Waals surface area contributed by atoms with Gasteiger partial charge in [0.25, 0.3) is 5.91 Å². The Morgan fingerprint density at radius 1 is 1.33 bits per heavy atom. The summed E-state index contributed by atoms with van der Waals surface area (Å²) in [6.45, 7) is 2.31. The number of nitrogens with one attached hydrogen (secondary N) is 2. The minimum Gasteiger partial charge on any atom is -0.481 e. The quantitative estimate of drug-likeness (QED) is 0.238. The molecule has 128 valence electrons. The third kappa shape index (κ3) is 6.83. The van der Waals surface area contributed by atoms with Crippen LogP contribution in [-0.4, -0.2) is 23.5 Å². The number of nitrogens with two attached hydrogens (primary N) is 1. The van der Waals surface area contributed by atoms with Gasteiger partial charge in [-0.15, -0.1) is 0 Å². The van der Waals surface area contributed by atoms with Crippen LogP contribution in [0.15, 0.2) is 30.0 Å². The van der Waals surface area contributed by atoms with E-state index in [1.807, 2.05) is 19.1 Å². The second-order valence-electron chi connectivity index (χ2n) is 5.37. The molecule has 7 nitrogen and oxygen atoms in total. The summed E-state index contributed by atoms with van der Waals surface area (Å²) in [6, 6.07) is 7.27. The zero-order chi connectivity index (χ0) is 17.9. The van der Waals surface area contributed by atoms with Gasteiger partial charge in [-0.3, -0.25) is 9.59 Å². The first-order valence-corrected chi connectivity index (χ1v) is 7.67. The maximum atomic E-state index is 11.9. The van der Waals surface area contributed by atoms with Gasteiger partial charge in [0.1, 0.15) is 11.6 Å². The van der Waals surface area contributed by atoms with Crippen LogP contribution in [0, 0.1) is 18.3 Å². The lowest BCUT2D eigenvalue weighted by Crippen LogP contribution is -2.26. The molecule has 0 aliphatic carbocycles. The number of benzene rings is 1. The number of aliphatic carboxylic acids is 1. The van der Waals surface area contributed by atoms with Crippen LogP contribution in [0.5, 0.6) is 0 Å². The second kappa shape index (κ2) is 9.90. The number of hydrogen-bond acceptors (Lipinski definition) is 5. The molecule has 0 aromatic heterocycles. The number of unbranched alkanes of at least 4 members (excludes halogenated alkanes) is 2. The van der Waals surface area contributed by atoms with Crippen LogP contribution in [0.25, 0.3) is 0 Å². The number of nitriles is 1. The summed E-state index contributed by atoms with van der Waals surface area (Å²) < 4.78 is 0. The third-order valence-electron chi connectivity index (χ3n) is 3.30. The van der Waals surface area contributed by atoms with Crippen molar-refractivity contribution in [2.75, 3.05) is 17.6 Å². The lowest BCUT2D eigenvalue weighted by Gasteiger charge is -2.07. The SMILES string of the molecule is Cc1ccc(N/C=C(/C#N)C(=O)NCCCCCC(=O)O)c(N)c1. The van der Waals surface area contributed by atoms with Gasteiger partial charge in [0.2, 0.25) is 0 Å². The largest absolute Gasteiger partial charge is 0.481 e. The zero-order valence-electron chi connectivity index (χ0n) is 13.6. The second-order valence-corrected chi connectivity index (χ2v) is 5.37. The predicted molar refractivity (Wildman–Crippen MR) is 92.0 cm³/mol. The Morgan fingerprint density at radius 2 is 2.08 bits per heavy atom. The maximum absolute atomic E-state index is 11.9. The lowest BCUT2D eigenvalue weighted by molar-refractivity contribution is -0.137. The van der Waals surface area contributed by atoms with Crippen LogP contribution in [-0.2, 0) is 9.59 Å². The molecule has 0 heterocycles. The van der Waals surface area contributed by atoms with Crippen molar-refractivity contribution in [2.24, 2.45) is 0 Å². The van der Waals surface area contributed by atoms with Crippen molar-refractivity contribution in [1.29, 1.82) is 5.26 Å². The average Bonchev–Trinajstić information content (AvgIpc) is 2.52. The van der Waals surface area contributed by atoms with Crippen LogP contribution in [0.3, 0.4) is 0 Å². The summed E-state index contributed by atoms with van der Waals surface area (Å²) in [4.78, 5) is 22.3. The number of hydrogen-bond donors (Lipinski definition) is 4. The Labute approximate surface area is 141 Å².